The predicted octanol–water partition coefficient (Wildman–Crippen LogP) is 0.905. The van der Waals surface area contributed by atoms with Gasteiger partial charge in [-0.25, -0.2) is 21.9 Å². The van der Waals surface area contributed by atoms with E-state index in [4.69, 9.17) is 0 Å². The first-order valence-corrected chi connectivity index (χ1v) is 8.40. The quantitative estimate of drug-likeness (QED) is 0.558. The highest BCUT2D eigenvalue weighted by Crippen LogP contribution is 2.15. The van der Waals surface area contributed by atoms with Gasteiger partial charge in [0, 0.05) is 6.54 Å². The van der Waals surface area contributed by atoms with E-state index in [-0.39, 0.29) is 18.0 Å². The average molecular weight is 347 g/mol. The lowest BCUT2D eigenvalue weighted by atomic mass is 10.4. The maximum atomic E-state index is 12.6. The Morgan fingerprint density at radius 3 is 2.05 bits per heavy atom. The van der Waals surface area contributed by atoms with Crippen LogP contribution in [0.15, 0.2) is 34.1 Å². The van der Waals surface area contributed by atoms with Crippen LogP contribution in [0.5, 0.6) is 0 Å². The lowest BCUT2D eigenvalue weighted by Gasteiger charge is -2.07. The number of alkyl halides is 2. The van der Waals surface area contributed by atoms with Gasteiger partial charge in [-0.15, -0.1) is 3.89 Å². The maximum Gasteiger partial charge on any atom is 0.332 e. The summed E-state index contributed by atoms with van der Waals surface area (Å²) in [6.07, 6.45) is -2.64. The number of sulfonamides is 1. The van der Waals surface area contributed by atoms with Crippen molar-refractivity contribution in [2.75, 3.05) is 19.8 Å². The summed E-state index contributed by atoms with van der Waals surface area (Å²) in [7, 11) is -8.86. The van der Waals surface area contributed by atoms with Crippen LogP contribution in [-0.4, -0.2) is 43.0 Å². The van der Waals surface area contributed by atoms with Crippen LogP contribution in [0.2, 0.25) is 0 Å². The Morgan fingerprint density at radius 2 is 1.57 bits per heavy atom. The largest absolute Gasteiger partial charge is 0.374 e. The van der Waals surface area contributed by atoms with Gasteiger partial charge in [-0.2, -0.15) is 8.42 Å². The Bertz CT molecular complexity index is 658. The van der Waals surface area contributed by atoms with E-state index in [1.807, 2.05) is 0 Å². The van der Waals surface area contributed by atoms with Gasteiger partial charge in [0.2, 0.25) is 10.0 Å². The molecule has 0 unspecified atom stereocenters. The van der Waals surface area contributed by atoms with E-state index < -0.39 is 38.2 Å². The van der Waals surface area contributed by atoms with Crippen molar-refractivity contribution >= 4 is 20.2 Å². The molecule has 6 nitrogen and oxygen atoms in total. The van der Waals surface area contributed by atoms with Gasteiger partial charge in [-0.3, -0.25) is 0 Å². The number of rotatable bonds is 8. The Balaban J connectivity index is 2.63. The SMILES string of the molecule is O=S(=O)(F)c1ccc(S(=O)(=O)NCCOCC(F)F)cc1. The number of hydrogen-bond donors (Lipinski definition) is 1. The number of halogens is 3. The molecule has 0 aliphatic carbocycles. The minimum absolute atomic E-state index is 0.238. The van der Waals surface area contributed by atoms with E-state index in [1.165, 1.54) is 0 Å². The molecular weight excluding hydrogens is 335 g/mol. The fourth-order valence-electron chi connectivity index (χ4n) is 1.29. The molecule has 0 aliphatic heterocycles. The molecule has 1 aromatic rings. The van der Waals surface area contributed by atoms with E-state index in [0.717, 1.165) is 24.3 Å². The molecule has 0 aliphatic rings. The number of benzene rings is 1. The molecule has 1 N–H and O–H groups in total. The molecule has 120 valence electrons. The average Bonchev–Trinajstić information content (AvgIpc) is 2.37. The fraction of sp³-hybridized carbons (Fsp3) is 0.400. The van der Waals surface area contributed by atoms with Crippen molar-refractivity contribution in [2.45, 2.75) is 16.2 Å². The third-order valence-corrected chi connectivity index (χ3v) is 4.51. The Kier molecular flexibility index (Phi) is 6.13. The lowest BCUT2D eigenvalue weighted by Crippen LogP contribution is -2.28. The normalized spacial score (nSPS) is 12.8. The van der Waals surface area contributed by atoms with Gasteiger partial charge in [-0.1, -0.05) is 0 Å². The van der Waals surface area contributed by atoms with Crippen LogP contribution in [0.1, 0.15) is 0 Å². The van der Waals surface area contributed by atoms with Gasteiger partial charge in [0.1, 0.15) is 6.61 Å². The standard InChI is InChI=1S/C10H12F3NO5S2/c11-10(12)7-19-6-5-14-21(17,18)9-3-1-8(2-4-9)20(13,15)16/h1-4,10,14H,5-7H2. The first-order chi connectivity index (χ1) is 9.63. The molecule has 0 fully saturated rings. The van der Waals surface area contributed by atoms with Crippen molar-refractivity contribution < 1.29 is 34.2 Å². The Morgan fingerprint density at radius 1 is 1.05 bits per heavy atom. The van der Waals surface area contributed by atoms with Crippen molar-refractivity contribution in [3.63, 3.8) is 0 Å². The minimum atomic E-state index is -4.90. The third kappa shape index (κ3) is 5.99. The first kappa shape index (κ1) is 17.9. The van der Waals surface area contributed by atoms with Gasteiger partial charge in [0.25, 0.3) is 6.43 Å². The van der Waals surface area contributed by atoms with Crippen LogP contribution >= 0.6 is 0 Å². The van der Waals surface area contributed by atoms with Crippen LogP contribution in [0, 0.1) is 0 Å². The summed E-state index contributed by atoms with van der Waals surface area (Å²) in [5, 5.41) is 0. The van der Waals surface area contributed by atoms with Gasteiger partial charge >= 0.3 is 10.2 Å². The van der Waals surface area contributed by atoms with Crippen LogP contribution in [0.3, 0.4) is 0 Å². The molecule has 0 spiro atoms. The molecule has 11 heteroatoms. The molecule has 0 saturated carbocycles. The molecule has 0 bridgehead atoms. The van der Waals surface area contributed by atoms with Crippen molar-refractivity contribution in [3.8, 4) is 0 Å². The highest BCUT2D eigenvalue weighted by atomic mass is 32.3. The van der Waals surface area contributed by atoms with Gasteiger partial charge in [-0.05, 0) is 24.3 Å². The number of ether oxygens (including phenoxy) is 1. The molecule has 0 radical (unpaired) electrons. The monoisotopic (exact) mass is 347 g/mol. The summed E-state index contributed by atoms with van der Waals surface area (Å²) in [6.45, 7) is -1.29. The molecule has 1 aromatic carbocycles. The molecule has 1 rings (SSSR count). The maximum absolute atomic E-state index is 12.6. The van der Waals surface area contributed by atoms with Gasteiger partial charge in [0.15, 0.2) is 0 Å². The molecule has 0 saturated heterocycles. The summed E-state index contributed by atoms with van der Waals surface area (Å²) >= 11 is 0. The molecule has 0 aromatic heterocycles. The highest BCUT2D eigenvalue weighted by Gasteiger charge is 2.16. The zero-order chi connectivity index (χ0) is 16.1. The second-order valence-corrected chi connectivity index (χ2v) is 6.89. The second-order valence-electron chi connectivity index (χ2n) is 3.77. The van der Waals surface area contributed by atoms with Crippen molar-refractivity contribution in [1.29, 1.82) is 0 Å². The molecule has 0 amide bonds. The smallest absolute Gasteiger partial charge is 0.332 e. The summed E-state index contributed by atoms with van der Waals surface area (Å²) in [5.74, 6) is 0. The minimum Gasteiger partial charge on any atom is -0.374 e. The van der Waals surface area contributed by atoms with Crippen LogP contribution < -0.4 is 4.72 Å². The predicted molar refractivity (Wildman–Crippen MR) is 66.7 cm³/mol. The Labute approximate surface area is 120 Å². The molecule has 21 heavy (non-hydrogen) atoms. The van der Waals surface area contributed by atoms with Crippen molar-refractivity contribution in [2.24, 2.45) is 0 Å². The highest BCUT2D eigenvalue weighted by molar-refractivity contribution is 7.89. The van der Waals surface area contributed by atoms with E-state index in [9.17, 15) is 29.5 Å². The zero-order valence-electron chi connectivity index (χ0n) is 10.5. The van der Waals surface area contributed by atoms with E-state index in [0.29, 0.717) is 0 Å². The lowest BCUT2D eigenvalue weighted by molar-refractivity contribution is 0.0199. The summed E-state index contributed by atoms with van der Waals surface area (Å²) in [4.78, 5) is -0.953. The summed E-state index contributed by atoms with van der Waals surface area (Å²) in [5.41, 5.74) is 0. The zero-order valence-corrected chi connectivity index (χ0v) is 12.1. The second kappa shape index (κ2) is 7.20. The summed E-state index contributed by atoms with van der Waals surface area (Å²) in [6, 6.07) is 3.43. The van der Waals surface area contributed by atoms with E-state index in [2.05, 4.69) is 9.46 Å². The van der Waals surface area contributed by atoms with Crippen LogP contribution in [0.25, 0.3) is 0 Å². The van der Waals surface area contributed by atoms with Crippen LogP contribution in [0.4, 0.5) is 12.7 Å². The fourth-order valence-corrected chi connectivity index (χ4v) is 2.76. The number of hydrogen-bond acceptors (Lipinski definition) is 5. The number of nitrogens with one attached hydrogen (secondary N) is 1. The topological polar surface area (TPSA) is 89.5 Å². The molecule has 0 heterocycles. The van der Waals surface area contributed by atoms with E-state index in [1.54, 1.807) is 0 Å². The Hall–Kier alpha value is -1.17. The van der Waals surface area contributed by atoms with Gasteiger partial charge < -0.3 is 4.74 Å². The third-order valence-electron chi connectivity index (χ3n) is 2.20. The molecular formula is C10H12F3NO5S2. The van der Waals surface area contributed by atoms with E-state index >= 15 is 0 Å². The van der Waals surface area contributed by atoms with Gasteiger partial charge in [0.05, 0.1) is 16.4 Å². The van der Waals surface area contributed by atoms with Crippen molar-refractivity contribution in [1.82, 2.24) is 4.72 Å². The van der Waals surface area contributed by atoms with Crippen LogP contribution in [-0.2, 0) is 25.0 Å². The molecule has 0 atom stereocenters. The first-order valence-electron chi connectivity index (χ1n) is 5.53. The summed E-state index contributed by atoms with van der Waals surface area (Å²) < 4.78 is 87.3. The van der Waals surface area contributed by atoms with Crippen molar-refractivity contribution in [3.05, 3.63) is 24.3 Å².